The minimum Gasteiger partial charge on any atom is -0.482 e. The Morgan fingerprint density at radius 3 is 2.80 bits per heavy atom. The number of aryl methyl sites for hydroxylation is 1. The van der Waals surface area contributed by atoms with Gasteiger partial charge in [-0.3, -0.25) is 4.79 Å². The molecule has 0 bridgehead atoms. The molecule has 8 heteroatoms. The third-order valence-corrected chi connectivity index (χ3v) is 3.44. The number of carbonyl (C=O) groups is 1. The summed E-state index contributed by atoms with van der Waals surface area (Å²) in [4.78, 5) is 12.4. The van der Waals surface area contributed by atoms with E-state index in [1.165, 1.54) is 6.07 Å². The van der Waals surface area contributed by atoms with Crippen molar-refractivity contribution >= 4 is 17.1 Å². The van der Waals surface area contributed by atoms with Gasteiger partial charge in [0.15, 0.2) is 6.61 Å². The number of hydrogen-bond acceptors (Lipinski definition) is 3. The number of pyridine rings is 1. The summed E-state index contributed by atoms with van der Waals surface area (Å²) in [5, 5.41) is 6.63. The molecule has 1 amide bonds. The summed E-state index contributed by atoms with van der Waals surface area (Å²) in [6, 6.07) is 9.51. The van der Waals surface area contributed by atoms with Crippen molar-refractivity contribution in [3.8, 4) is 5.75 Å². The Morgan fingerprint density at radius 1 is 1.24 bits per heavy atom. The Labute approximate surface area is 141 Å². The molecule has 1 N–H and O–H groups in total. The maximum absolute atomic E-state index is 12.4. The number of hydrogen-bond donors (Lipinski definition) is 1. The van der Waals surface area contributed by atoms with Crippen LogP contribution in [0.5, 0.6) is 5.75 Å². The number of ether oxygens (including phenoxy) is 1. The topological polar surface area (TPSA) is 55.6 Å². The van der Waals surface area contributed by atoms with Crippen LogP contribution in [-0.2, 0) is 0 Å². The van der Waals surface area contributed by atoms with Gasteiger partial charge in [0.1, 0.15) is 5.75 Å². The summed E-state index contributed by atoms with van der Waals surface area (Å²) in [6.45, 7) is 0.336. The molecule has 0 aliphatic carbocycles. The van der Waals surface area contributed by atoms with Crippen LogP contribution >= 0.6 is 0 Å². The number of carbonyl (C=O) groups excluding carboxylic acids is 1. The zero-order chi connectivity index (χ0) is 18.0. The smallest absolute Gasteiger partial charge is 0.422 e. The second-order valence-corrected chi connectivity index (χ2v) is 5.47. The second kappa shape index (κ2) is 6.46. The van der Waals surface area contributed by atoms with Crippen LogP contribution in [0.4, 0.5) is 18.9 Å². The Bertz CT molecular complexity index is 919. The summed E-state index contributed by atoms with van der Waals surface area (Å²) in [5.74, 6) is -0.493. The lowest BCUT2D eigenvalue weighted by Gasteiger charge is -2.14. The number of aromatic nitrogens is 2. The molecule has 2 aromatic heterocycles. The SMILES string of the molecule is Cc1ccc(OCC(F)(F)F)c(NC(=O)c2ccn3nccc3c2)c1. The normalized spacial score (nSPS) is 11.5. The van der Waals surface area contributed by atoms with Gasteiger partial charge in [-0.15, -0.1) is 0 Å². The molecule has 0 spiro atoms. The Morgan fingerprint density at radius 2 is 2.04 bits per heavy atom. The number of rotatable bonds is 4. The van der Waals surface area contributed by atoms with E-state index in [-0.39, 0.29) is 11.4 Å². The maximum atomic E-state index is 12.4. The van der Waals surface area contributed by atoms with Gasteiger partial charge in [-0.25, -0.2) is 4.52 Å². The molecule has 0 aliphatic rings. The molecule has 3 aromatic rings. The number of fused-ring (bicyclic) bond motifs is 1. The van der Waals surface area contributed by atoms with E-state index in [0.717, 1.165) is 11.1 Å². The molecule has 0 atom stereocenters. The van der Waals surface area contributed by atoms with Crippen molar-refractivity contribution in [3.63, 3.8) is 0 Å². The number of benzene rings is 1. The Kier molecular flexibility index (Phi) is 4.35. The van der Waals surface area contributed by atoms with E-state index in [9.17, 15) is 18.0 Å². The first kappa shape index (κ1) is 16.8. The van der Waals surface area contributed by atoms with E-state index >= 15 is 0 Å². The van der Waals surface area contributed by atoms with Gasteiger partial charge in [-0.2, -0.15) is 18.3 Å². The summed E-state index contributed by atoms with van der Waals surface area (Å²) < 4.78 is 43.5. The Hall–Kier alpha value is -3.03. The molecular formula is C17H14F3N3O2. The quantitative estimate of drug-likeness (QED) is 0.779. The van der Waals surface area contributed by atoms with Crippen LogP contribution in [-0.4, -0.2) is 28.3 Å². The van der Waals surface area contributed by atoms with Gasteiger partial charge in [-0.1, -0.05) is 6.07 Å². The number of nitrogens with one attached hydrogen (secondary N) is 1. The average Bonchev–Trinajstić information content (AvgIpc) is 3.00. The highest BCUT2D eigenvalue weighted by atomic mass is 19.4. The van der Waals surface area contributed by atoms with E-state index in [0.29, 0.717) is 5.56 Å². The molecule has 0 aliphatic heterocycles. The first-order chi connectivity index (χ1) is 11.8. The fourth-order valence-corrected chi connectivity index (χ4v) is 2.28. The monoisotopic (exact) mass is 349 g/mol. The van der Waals surface area contributed by atoms with Gasteiger partial charge in [0.25, 0.3) is 5.91 Å². The minimum atomic E-state index is -4.46. The average molecular weight is 349 g/mol. The second-order valence-electron chi connectivity index (χ2n) is 5.47. The van der Waals surface area contributed by atoms with E-state index in [1.807, 2.05) is 0 Å². The lowest BCUT2D eigenvalue weighted by Crippen LogP contribution is -2.20. The van der Waals surface area contributed by atoms with Crippen molar-refractivity contribution < 1.29 is 22.7 Å². The van der Waals surface area contributed by atoms with Crippen LogP contribution in [0.25, 0.3) is 5.52 Å². The van der Waals surface area contributed by atoms with Gasteiger partial charge in [0, 0.05) is 18.0 Å². The van der Waals surface area contributed by atoms with E-state index in [4.69, 9.17) is 4.74 Å². The number of anilines is 1. The van der Waals surface area contributed by atoms with Crippen molar-refractivity contribution in [3.05, 3.63) is 59.9 Å². The van der Waals surface area contributed by atoms with Crippen molar-refractivity contribution in [2.24, 2.45) is 0 Å². The molecule has 0 saturated heterocycles. The fourth-order valence-electron chi connectivity index (χ4n) is 2.28. The molecule has 3 rings (SSSR count). The number of nitrogens with zero attached hydrogens (tertiary/aromatic N) is 2. The van der Waals surface area contributed by atoms with E-state index in [2.05, 4.69) is 10.4 Å². The molecular weight excluding hydrogens is 335 g/mol. The number of halogens is 3. The third-order valence-electron chi connectivity index (χ3n) is 3.44. The van der Waals surface area contributed by atoms with Gasteiger partial charge in [-0.05, 0) is 42.8 Å². The lowest BCUT2D eigenvalue weighted by molar-refractivity contribution is -0.153. The predicted octanol–water partition coefficient (Wildman–Crippen LogP) is 3.84. The van der Waals surface area contributed by atoms with Crippen molar-refractivity contribution in [2.45, 2.75) is 13.1 Å². The van der Waals surface area contributed by atoms with Crippen LogP contribution in [0, 0.1) is 6.92 Å². The first-order valence-corrected chi connectivity index (χ1v) is 7.37. The number of amides is 1. The largest absolute Gasteiger partial charge is 0.482 e. The molecule has 0 radical (unpaired) electrons. The van der Waals surface area contributed by atoms with E-state index in [1.54, 1.807) is 54.2 Å². The van der Waals surface area contributed by atoms with Gasteiger partial charge < -0.3 is 10.1 Å². The van der Waals surface area contributed by atoms with Crippen LogP contribution in [0.15, 0.2) is 48.8 Å². The molecule has 1 aromatic carbocycles. The molecule has 2 heterocycles. The third kappa shape index (κ3) is 4.09. The predicted molar refractivity (Wildman–Crippen MR) is 85.9 cm³/mol. The molecule has 130 valence electrons. The lowest BCUT2D eigenvalue weighted by atomic mass is 10.2. The first-order valence-electron chi connectivity index (χ1n) is 7.37. The number of alkyl halides is 3. The van der Waals surface area contributed by atoms with Gasteiger partial charge >= 0.3 is 6.18 Å². The summed E-state index contributed by atoms with van der Waals surface area (Å²) in [6.07, 6.45) is -1.23. The highest BCUT2D eigenvalue weighted by molar-refractivity contribution is 6.05. The zero-order valence-electron chi connectivity index (χ0n) is 13.2. The van der Waals surface area contributed by atoms with Crippen LogP contribution in [0.3, 0.4) is 0 Å². The highest BCUT2D eigenvalue weighted by Crippen LogP contribution is 2.28. The molecule has 0 fully saturated rings. The Balaban J connectivity index is 1.83. The minimum absolute atomic E-state index is 0.0401. The fraction of sp³-hybridized carbons (Fsp3) is 0.176. The molecule has 25 heavy (non-hydrogen) atoms. The zero-order valence-corrected chi connectivity index (χ0v) is 13.2. The van der Waals surface area contributed by atoms with Crippen molar-refractivity contribution in [1.29, 1.82) is 0 Å². The molecule has 5 nitrogen and oxygen atoms in total. The van der Waals surface area contributed by atoms with Crippen molar-refractivity contribution in [2.75, 3.05) is 11.9 Å². The molecule has 0 unspecified atom stereocenters. The van der Waals surface area contributed by atoms with Gasteiger partial charge in [0.05, 0.1) is 11.2 Å². The summed E-state index contributed by atoms with van der Waals surface area (Å²) in [5.41, 5.74) is 2.05. The van der Waals surface area contributed by atoms with Gasteiger partial charge in [0.2, 0.25) is 0 Å². The van der Waals surface area contributed by atoms with Crippen LogP contribution in [0.2, 0.25) is 0 Å². The van der Waals surface area contributed by atoms with E-state index < -0.39 is 18.7 Å². The standard InChI is InChI=1S/C17H14F3N3O2/c1-11-2-3-15(25-10-17(18,19)20)14(8-11)22-16(24)12-5-7-23-13(9-12)4-6-21-23/h2-9H,10H2,1H3,(H,22,24). The highest BCUT2D eigenvalue weighted by Gasteiger charge is 2.29. The summed E-state index contributed by atoms with van der Waals surface area (Å²) >= 11 is 0. The summed E-state index contributed by atoms with van der Waals surface area (Å²) in [7, 11) is 0. The molecule has 0 saturated carbocycles. The van der Waals surface area contributed by atoms with Crippen LogP contribution < -0.4 is 10.1 Å². The van der Waals surface area contributed by atoms with Crippen LogP contribution in [0.1, 0.15) is 15.9 Å². The maximum Gasteiger partial charge on any atom is 0.422 e. The van der Waals surface area contributed by atoms with Crippen molar-refractivity contribution in [1.82, 2.24) is 9.61 Å².